The van der Waals surface area contributed by atoms with E-state index in [0.29, 0.717) is 22.7 Å². The summed E-state index contributed by atoms with van der Waals surface area (Å²) in [6.45, 7) is 1.83. The van der Waals surface area contributed by atoms with Crippen molar-refractivity contribution in [3.8, 4) is 17.1 Å². The summed E-state index contributed by atoms with van der Waals surface area (Å²) in [4.78, 5) is 21.5. The Morgan fingerprint density at radius 3 is 2.65 bits per heavy atom. The largest absolute Gasteiger partial charge is 0.416 e. The van der Waals surface area contributed by atoms with Crippen molar-refractivity contribution in [2.45, 2.75) is 13.1 Å². The van der Waals surface area contributed by atoms with Gasteiger partial charge < -0.3 is 5.32 Å². The first-order valence-corrected chi connectivity index (χ1v) is 10.1. The quantitative estimate of drug-likeness (QED) is 0.422. The molecule has 0 aliphatic rings. The molecule has 5 aromatic rings. The van der Waals surface area contributed by atoms with Crippen molar-refractivity contribution >= 4 is 17.2 Å². The van der Waals surface area contributed by atoms with Crippen LogP contribution in [0.1, 0.15) is 21.7 Å². The van der Waals surface area contributed by atoms with Gasteiger partial charge in [-0.15, -0.1) is 0 Å². The number of hydrogen-bond acceptors (Lipinski definition) is 5. The minimum absolute atomic E-state index is 0.00800. The molecule has 1 amide bonds. The molecule has 0 atom stereocenters. The Morgan fingerprint density at radius 2 is 1.85 bits per heavy atom. The van der Waals surface area contributed by atoms with Crippen molar-refractivity contribution < 1.29 is 18.0 Å². The molecule has 0 saturated carbocycles. The normalized spacial score (nSPS) is 11.6. The molecule has 0 unspecified atom stereocenters. The first kappa shape index (κ1) is 21.3. The fourth-order valence-electron chi connectivity index (χ4n) is 3.46. The Kier molecular flexibility index (Phi) is 5.08. The number of alkyl halides is 3. The highest BCUT2D eigenvalue weighted by Gasteiger charge is 2.30. The monoisotopic (exact) mass is 463 g/mol. The average Bonchev–Trinajstić information content (AvgIpc) is 3.45. The summed E-state index contributed by atoms with van der Waals surface area (Å²) < 4.78 is 42.2. The number of nitrogens with zero attached hydrogens (tertiary/aromatic N) is 6. The van der Waals surface area contributed by atoms with Crippen LogP contribution in [-0.4, -0.2) is 35.3 Å². The molecule has 1 aromatic carbocycles. The lowest BCUT2D eigenvalue weighted by molar-refractivity contribution is -0.137. The number of aromatic nitrogens is 6. The lowest BCUT2D eigenvalue weighted by Gasteiger charge is -2.09. The van der Waals surface area contributed by atoms with Crippen LogP contribution in [0.25, 0.3) is 22.7 Å². The third kappa shape index (κ3) is 4.10. The van der Waals surface area contributed by atoms with Crippen molar-refractivity contribution in [2.75, 3.05) is 5.32 Å². The maximum Gasteiger partial charge on any atom is 0.416 e. The number of rotatable bonds is 4. The molecule has 11 heteroatoms. The molecule has 0 aliphatic carbocycles. The molecule has 8 nitrogen and oxygen atoms in total. The van der Waals surface area contributed by atoms with E-state index in [0.717, 1.165) is 17.8 Å². The fraction of sp³-hybridized carbons (Fsp3) is 0.0870. The number of aryl methyl sites for hydroxylation is 1. The highest BCUT2D eigenvalue weighted by atomic mass is 19.4. The molecular formula is C23H16F3N7O. The van der Waals surface area contributed by atoms with Crippen LogP contribution in [0.5, 0.6) is 0 Å². The van der Waals surface area contributed by atoms with Gasteiger partial charge in [-0.3, -0.25) is 4.79 Å². The lowest BCUT2D eigenvalue weighted by atomic mass is 10.2. The van der Waals surface area contributed by atoms with Crippen molar-refractivity contribution in [3.05, 3.63) is 90.1 Å². The van der Waals surface area contributed by atoms with E-state index in [1.54, 1.807) is 28.9 Å². The van der Waals surface area contributed by atoms with Crippen LogP contribution in [0, 0.1) is 6.92 Å². The lowest BCUT2D eigenvalue weighted by Crippen LogP contribution is -2.14. The van der Waals surface area contributed by atoms with Crippen molar-refractivity contribution in [2.24, 2.45) is 0 Å². The van der Waals surface area contributed by atoms with Gasteiger partial charge >= 0.3 is 6.18 Å². The van der Waals surface area contributed by atoms with Gasteiger partial charge in [0.25, 0.3) is 5.91 Å². The first-order chi connectivity index (χ1) is 16.3. The Morgan fingerprint density at radius 1 is 1.03 bits per heavy atom. The molecule has 0 fully saturated rings. The van der Waals surface area contributed by atoms with E-state index in [1.165, 1.54) is 23.1 Å². The van der Waals surface area contributed by atoms with Gasteiger partial charge in [0.2, 0.25) is 0 Å². The zero-order chi connectivity index (χ0) is 23.9. The van der Waals surface area contributed by atoms with Gasteiger partial charge in [-0.1, -0.05) is 12.1 Å². The number of benzene rings is 1. The Balaban J connectivity index is 1.56. The minimum Gasteiger partial charge on any atom is -0.321 e. The summed E-state index contributed by atoms with van der Waals surface area (Å²) in [5.74, 6) is -0.180. The van der Waals surface area contributed by atoms with Gasteiger partial charge in [0.05, 0.1) is 11.3 Å². The Hall–Kier alpha value is -4.54. The minimum atomic E-state index is -4.52. The maximum absolute atomic E-state index is 13.0. The van der Waals surface area contributed by atoms with E-state index in [-0.39, 0.29) is 11.4 Å². The molecular weight excluding hydrogens is 447 g/mol. The number of amides is 1. The molecule has 0 spiro atoms. The second-order valence-corrected chi connectivity index (χ2v) is 7.48. The molecule has 4 heterocycles. The zero-order valence-corrected chi connectivity index (χ0v) is 17.7. The third-order valence-corrected chi connectivity index (χ3v) is 5.05. The molecule has 0 bridgehead atoms. The number of nitrogens with one attached hydrogen (secondary N) is 1. The number of carbonyl (C=O) groups is 1. The summed E-state index contributed by atoms with van der Waals surface area (Å²) in [5, 5.41) is 11.0. The maximum atomic E-state index is 13.0. The second-order valence-electron chi connectivity index (χ2n) is 7.48. The summed E-state index contributed by atoms with van der Waals surface area (Å²) in [5.41, 5.74) is 1.79. The van der Waals surface area contributed by atoms with Gasteiger partial charge in [-0.2, -0.15) is 23.4 Å². The number of hydrogen-bond donors (Lipinski definition) is 1. The smallest absolute Gasteiger partial charge is 0.321 e. The predicted octanol–water partition coefficient (Wildman–Crippen LogP) is 4.56. The van der Waals surface area contributed by atoms with E-state index < -0.39 is 17.6 Å². The van der Waals surface area contributed by atoms with Gasteiger partial charge in [-0.25, -0.2) is 19.2 Å². The number of halogens is 3. The summed E-state index contributed by atoms with van der Waals surface area (Å²) >= 11 is 0. The Bertz CT molecular complexity index is 1520. The standard InChI is InChI=1S/C23H16F3N7O/c1-14-4-2-7-21(29-14)33-19(15-8-9-20-27-13-28-32(20)12-15)11-18(31-33)22(34)30-17-6-3-5-16(10-17)23(24,25)26/h2-13H,1H3,(H,30,34). The van der Waals surface area contributed by atoms with E-state index >= 15 is 0 Å². The molecule has 34 heavy (non-hydrogen) atoms. The average molecular weight is 463 g/mol. The van der Waals surface area contributed by atoms with Crippen LogP contribution in [-0.2, 0) is 6.18 Å². The van der Waals surface area contributed by atoms with Crippen molar-refractivity contribution in [1.82, 2.24) is 29.4 Å². The van der Waals surface area contributed by atoms with Crippen LogP contribution in [0.15, 0.2) is 73.2 Å². The molecule has 4 aromatic heterocycles. The van der Waals surface area contributed by atoms with E-state index in [2.05, 4.69) is 25.5 Å². The molecule has 1 N–H and O–H groups in total. The number of pyridine rings is 2. The molecule has 0 aliphatic heterocycles. The molecule has 0 saturated heterocycles. The van der Waals surface area contributed by atoms with Crippen LogP contribution in [0.4, 0.5) is 18.9 Å². The predicted molar refractivity (Wildman–Crippen MR) is 117 cm³/mol. The Labute approximate surface area is 190 Å². The third-order valence-electron chi connectivity index (χ3n) is 5.05. The second kappa shape index (κ2) is 8.10. The van der Waals surface area contributed by atoms with E-state index in [1.807, 2.05) is 25.1 Å². The SMILES string of the molecule is Cc1cccc(-n2nc(C(=O)Nc3cccc(C(F)(F)F)c3)cc2-c2ccc3ncnn3c2)n1. The molecule has 170 valence electrons. The molecule has 0 radical (unpaired) electrons. The number of carbonyl (C=O) groups excluding carboxylic acids is 1. The fourth-order valence-corrected chi connectivity index (χ4v) is 3.46. The van der Waals surface area contributed by atoms with Crippen LogP contribution < -0.4 is 5.32 Å². The van der Waals surface area contributed by atoms with Crippen LogP contribution in [0.3, 0.4) is 0 Å². The highest BCUT2D eigenvalue weighted by Crippen LogP contribution is 2.31. The summed E-state index contributed by atoms with van der Waals surface area (Å²) in [6, 6.07) is 14.9. The van der Waals surface area contributed by atoms with Crippen LogP contribution in [0.2, 0.25) is 0 Å². The van der Waals surface area contributed by atoms with Crippen molar-refractivity contribution in [3.63, 3.8) is 0 Å². The van der Waals surface area contributed by atoms with Gasteiger partial charge in [0, 0.05) is 23.1 Å². The van der Waals surface area contributed by atoms with Gasteiger partial charge in [-0.05, 0) is 55.5 Å². The summed E-state index contributed by atoms with van der Waals surface area (Å²) in [6.07, 6.45) is -1.36. The van der Waals surface area contributed by atoms with Gasteiger partial charge in [0.1, 0.15) is 6.33 Å². The first-order valence-electron chi connectivity index (χ1n) is 10.1. The zero-order valence-electron chi connectivity index (χ0n) is 17.7. The summed E-state index contributed by atoms with van der Waals surface area (Å²) in [7, 11) is 0. The highest BCUT2D eigenvalue weighted by molar-refractivity contribution is 6.03. The van der Waals surface area contributed by atoms with E-state index in [9.17, 15) is 18.0 Å². The van der Waals surface area contributed by atoms with Crippen LogP contribution >= 0.6 is 0 Å². The van der Waals surface area contributed by atoms with Crippen molar-refractivity contribution in [1.29, 1.82) is 0 Å². The molecule has 5 rings (SSSR count). The van der Waals surface area contributed by atoms with E-state index in [4.69, 9.17) is 0 Å². The number of fused-ring (bicyclic) bond motifs is 1. The topological polar surface area (TPSA) is 90.0 Å². The number of anilines is 1. The van der Waals surface area contributed by atoms with Gasteiger partial charge in [0.15, 0.2) is 17.2 Å².